The molecule has 3 rings (SSSR count). The van der Waals surface area contributed by atoms with Crippen molar-refractivity contribution in [1.29, 1.82) is 0 Å². The van der Waals surface area contributed by atoms with Gasteiger partial charge in [-0.05, 0) is 24.9 Å². The first-order valence-electron chi connectivity index (χ1n) is 7.47. The molecule has 2 heterocycles. The quantitative estimate of drug-likeness (QED) is 0.855. The van der Waals surface area contributed by atoms with E-state index in [-0.39, 0.29) is 6.04 Å². The molecular formula is C16H21N3O. The maximum Gasteiger partial charge on any atom is 0.244 e. The van der Waals surface area contributed by atoms with Gasteiger partial charge in [-0.15, -0.1) is 0 Å². The predicted octanol–water partition coefficient (Wildman–Crippen LogP) is 3.36. The van der Waals surface area contributed by atoms with Gasteiger partial charge in [0.15, 0.2) is 5.82 Å². The minimum absolute atomic E-state index is 0.275. The van der Waals surface area contributed by atoms with Gasteiger partial charge in [0, 0.05) is 13.0 Å². The third kappa shape index (κ3) is 2.90. The van der Waals surface area contributed by atoms with Crippen molar-refractivity contribution >= 4 is 0 Å². The predicted molar refractivity (Wildman–Crippen MR) is 77.1 cm³/mol. The molecule has 0 radical (unpaired) electrons. The first-order chi connectivity index (χ1) is 9.86. The number of benzene rings is 1. The van der Waals surface area contributed by atoms with Crippen molar-refractivity contribution < 1.29 is 4.52 Å². The molecule has 1 aromatic carbocycles. The van der Waals surface area contributed by atoms with E-state index in [2.05, 4.69) is 52.3 Å². The molecule has 0 saturated carbocycles. The standard InChI is InChI=1S/C16H21N3O/c1-2-15-17-16(20-18-15)14-10-6-7-11-19(14)12-13-8-4-3-5-9-13/h3-5,8-9,14H,2,6-7,10-12H2,1H3. The van der Waals surface area contributed by atoms with Crippen LogP contribution in [0.15, 0.2) is 34.9 Å². The van der Waals surface area contributed by atoms with Crippen LogP contribution in [0.2, 0.25) is 0 Å². The second kappa shape index (κ2) is 6.18. The van der Waals surface area contributed by atoms with E-state index in [1.165, 1.54) is 18.4 Å². The van der Waals surface area contributed by atoms with Crippen LogP contribution in [0.25, 0.3) is 0 Å². The van der Waals surface area contributed by atoms with Crippen LogP contribution in [0.5, 0.6) is 0 Å². The Morgan fingerprint density at radius 1 is 1.25 bits per heavy atom. The largest absolute Gasteiger partial charge is 0.338 e. The monoisotopic (exact) mass is 271 g/mol. The SMILES string of the molecule is CCc1noc(C2CCCCN2Cc2ccccc2)n1. The van der Waals surface area contributed by atoms with Crippen LogP contribution in [0.1, 0.15) is 49.5 Å². The Balaban J connectivity index is 1.76. The molecule has 20 heavy (non-hydrogen) atoms. The Hall–Kier alpha value is -1.68. The molecule has 4 heteroatoms. The zero-order valence-corrected chi connectivity index (χ0v) is 12.0. The molecule has 0 bridgehead atoms. The molecule has 106 valence electrons. The first-order valence-corrected chi connectivity index (χ1v) is 7.47. The molecular weight excluding hydrogens is 250 g/mol. The number of piperidine rings is 1. The van der Waals surface area contributed by atoms with Crippen molar-refractivity contribution in [3.05, 3.63) is 47.6 Å². The fourth-order valence-electron chi connectivity index (χ4n) is 2.82. The van der Waals surface area contributed by atoms with Gasteiger partial charge in [-0.1, -0.05) is 48.8 Å². The smallest absolute Gasteiger partial charge is 0.244 e. The average molecular weight is 271 g/mol. The molecule has 1 unspecified atom stereocenters. The second-order valence-electron chi connectivity index (χ2n) is 5.37. The van der Waals surface area contributed by atoms with Gasteiger partial charge in [-0.25, -0.2) is 0 Å². The summed E-state index contributed by atoms with van der Waals surface area (Å²) in [6.07, 6.45) is 4.42. The number of likely N-dealkylation sites (tertiary alicyclic amines) is 1. The Bertz CT molecular complexity index is 538. The third-order valence-corrected chi connectivity index (χ3v) is 3.93. The van der Waals surface area contributed by atoms with Crippen molar-refractivity contribution in [2.24, 2.45) is 0 Å². The number of aryl methyl sites for hydroxylation is 1. The highest BCUT2D eigenvalue weighted by Gasteiger charge is 2.28. The van der Waals surface area contributed by atoms with Gasteiger partial charge in [-0.3, -0.25) is 4.90 Å². The van der Waals surface area contributed by atoms with Crippen LogP contribution in [0, 0.1) is 0 Å². The van der Waals surface area contributed by atoms with Crippen LogP contribution < -0.4 is 0 Å². The molecule has 0 aliphatic carbocycles. The summed E-state index contributed by atoms with van der Waals surface area (Å²) in [6.45, 7) is 4.11. The maximum atomic E-state index is 5.46. The molecule has 1 aliphatic rings. The fraction of sp³-hybridized carbons (Fsp3) is 0.500. The Morgan fingerprint density at radius 2 is 2.10 bits per heavy atom. The molecule has 4 nitrogen and oxygen atoms in total. The van der Waals surface area contributed by atoms with Gasteiger partial charge in [0.25, 0.3) is 0 Å². The van der Waals surface area contributed by atoms with Gasteiger partial charge in [0.1, 0.15) is 0 Å². The number of hydrogen-bond acceptors (Lipinski definition) is 4. The van der Waals surface area contributed by atoms with E-state index in [0.717, 1.165) is 37.6 Å². The van der Waals surface area contributed by atoms with E-state index in [1.807, 2.05) is 0 Å². The summed E-state index contributed by atoms with van der Waals surface area (Å²) in [5.41, 5.74) is 1.34. The summed E-state index contributed by atoms with van der Waals surface area (Å²) >= 11 is 0. The number of hydrogen-bond donors (Lipinski definition) is 0. The van der Waals surface area contributed by atoms with Crippen molar-refractivity contribution in [2.75, 3.05) is 6.54 Å². The first kappa shape index (κ1) is 13.3. The van der Waals surface area contributed by atoms with E-state index in [9.17, 15) is 0 Å². The highest BCUT2D eigenvalue weighted by Crippen LogP contribution is 2.31. The van der Waals surface area contributed by atoms with Crippen LogP contribution in [0.4, 0.5) is 0 Å². The molecule has 0 spiro atoms. The molecule has 1 atom stereocenters. The molecule has 1 saturated heterocycles. The molecule has 2 aromatic rings. The lowest BCUT2D eigenvalue weighted by Gasteiger charge is -2.33. The third-order valence-electron chi connectivity index (χ3n) is 3.93. The minimum Gasteiger partial charge on any atom is -0.338 e. The minimum atomic E-state index is 0.275. The van der Waals surface area contributed by atoms with Gasteiger partial charge in [0.05, 0.1) is 6.04 Å². The molecule has 1 fully saturated rings. The lowest BCUT2D eigenvalue weighted by atomic mass is 10.0. The fourth-order valence-corrected chi connectivity index (χ4v) is 2.82. The van der Waals surface area contributed by atoms with E-state index >= 15 is 0 Å². The van der Waals surface area contributed by atoms with Gasteiger partial charge < -0.3 is 4.52 Å². The summed E-state index contributed by atoms with van der Waals surface area (Å²) in [5, 5.41) is 4.04. The van der Waals surface area contributed by atoms with E-state index in [1.54, 1.807) is 0 Å². The summed E-state index contributed by atoms with van der Waals surface area (Å²) < 4.78 is 5.46. The zero-order valence-electron chi connectivity index (χ0n) is 12.0. The normalized spacial score (nSPS) is 20.1. The Morgan fingerprint density at radius 3 is 2.85 bits per heavy atom. The summed E-state index contributed by atoms with van der Waals surface area (Å²) in [5.74, 6) is 1.60. The van der Waals surface area contributed by atoms with Crippen LogP contribution >= 0.6 is 0 Å². The van der Waals surface area contributed by atoms with Crippen molar-refractivity contribution in [1.82, 2.24) is 15.0 Å². The molecule has 0 amide bonds. The molecule has 1 aliphatic heterocycles. The number of rotatable bonds is 4. The summed E-state index contributed by atoms with van der Waals surface area (Å²) in [6, 6.07) is 10.9. The lowest BCUT2D eigenvalue weighted by Crippen LogP contribution is -2.33. The summed E-state index contributed by atoms with van der Waals surface area (Å²) in [7, 11) is 0. The molecule has 0 N–H and O–H groups in total. The number of nitrogens with zero attached hydrogens (tertiary/aromatic N) is 3. The van der Waals surface area contributed by atoms with Gasteiger partial charge in [0.2, 0.25) is 5.89 Å². The zero-order chi connectivity index (χ0) is 13.8. The number of aromatic nitrogens is 2. The maximum absolute atomic E-state index is 5.46. The highest BCUT2D eigenvalue weighted by molar-refractivity contribution is 5.15. The van der Waals surface area contributed by atoms with Crippen LogP contribution in [0.3, 0.4) is 0 Å². The lowest BCUT2D eigenvalue weighted by molar-refractivity contribution is 0.111. The van der Waals surface area contributed by atoms with E-state index in [0.29, 0.717) is 0 Å². The summed E-state index contributed by atoms with van der Waals surface area (Å²) in [4.78, 5) is 6.99. The van der Waals surface area contributed by atoms with Gasteiger partial charge >= 0.3 is 0 Å². The van der Waals surface area contributed by atoms with E-state index < -0.39 is 0 Å². The van der Waals surface area contributed by atoms with E-state index in [4.69, 9.17) is 4.52 Å². The topological polar surface area (TPSA) is 42.2 Å². The van der Waals surface area contributed by atoms with Crippen molar-refractivity contribution in [2.45, 2.75) is 45.2 Å². The Labute approximate surface area is 119 Å². The Kier molecular flexibility index (Phi) is 4.11. The van der Waals surface area contributed by atoms with Crippen LogP contribution in [-0.4, -0.2) is 21.6 Å². The van der Waals surface area contributed by atoms with Crippen molar-refractivity contribution in [3.63, 3.8) is 0 Å². The average Bonchev–Trinajstić information content (AvgIpc) is 2.98. The van der Waals surface area contributed by atoms with Gasteiger partial charge in [-0.2, -0.15) is 4.98 Å². The highest BCUT2D eigenvalue weighted by atomic mass is 16.5. The van der Waals surface area contributed by atoms with Crippen molar-refractivity contribution in [3.8, 4) is 0 Å². The molecule has 1 aromatic heterocycles. The van der Waals surface area contributed by atoms with Crippen LogP contribution in [-0.2, 0) is 13.0 Å². The second-order valence-corrected chi connectivity index (χ2v) is 5.37.